The lowest BCUT2D eigenvalue weighted by atomic mass is 10.1. The summed E-state index contributed by atoms with van der Waals surface area (Å²) in [5.74, 6) is -0.907. The van der Waals surface area contributed by atoms with Crippen LogP contribution in [0.3, 0.4) is 0 Å². The Balaban J connectivity index is 2.33. The molecule has 90 valence electrons. The zero-order valence-corrected chi connectivity index (χ0v) is 10.2. The Bertz CT molecular complexity index is 642. The van der Waals surface area contributed by atoms with Crippen LogP contribution in [0.5, 0.6) is 5.75 Å². The fourth-order valence-corrected chi connectivity index (χ4v) is 2.04. The number of thiophene rings is 1. The van der Waals surface area contributed by atoms with Gasteiger partial charge >= 0.3 is 0 Å². The third-order valence-corrected chi connectivity index (χ3v) is 3.16. The summed E-state index contributed by atoms with van der Waals surface area (Å²) in [7, 11) is 0. The van der Waals surface area contributed by atoms with Gasteiger partial charge in [0.15, 0.2) is 11.5 Å². The molecule has 4 heteroatoms. The van der Waals surface area contributed by atoms with E-state index in [9.17, 15) is 14.7 Å². The molecular formula is C14H10O3S. The van der Waals surface area contributed by atoms with Crippen molar-refractivity contribution >= 4 is 23.2 Å². The first-order valence-corrected chi connectivity index (χ1v) is 6.14. The molecule has 0 bridgehead atoms. The van der Waals surface area contributed by atoms with Gasteiger partial charge in [-0.05, 0) is 35.7 Å². The van der Waals surface area contributed by atoms with Crippen LogP contribution in [0.25, 0.3) is 6.08 Å². The van der Waals surface area contributed by atoms with Gasteiger partial charge in [0.1, 0.15) is 0 Å². The molecule has 3 nitrogen and oxygen atoms in total. The fraction of sp³-hybridized carbons (Fsp3) is 0. The Kier molecular flexibility index (Phi) is 3.69. The van der Waals surface area contributed by atoms with Crippen molar-refractivity contribution in [2.24, 2.45) is 0 Å². The predicted octanol–water partition coefficient (Wildman–Crippen LogP) is 2.71. The summed E-state index contributed by atoms with van der Waals surface area (Å²) < 4.78 is 0. The lowest BCUT2D eigenvalue weighted by molar-refractivity contribution is 0.104. The maximum Gasteiger partial charge on any atom is 0.220 e. The number of allylic oxidation sites excluding steroid dienone is 1. The molecule has 0 aliphatic carbocycles. The highest BCUT2D eigenvalue weighted by Gasteiger charge is 2.09. The number of hydrogen-bond donors (Lipinski definition) is 1. The topological polar surface area (TPSA) is 54.4 Å². The van der Waals surface area contributed by atoms with E-state index >= 15 is 0 Å². The Hall–Kier alpha value is -2.20. The van der Waals surface area contributed by atoms with E-state index < -0.39 is 17.0 Å². The summed E-state index contributed by atoms with van der Waals surface area (Å²) in [4.78, 5) is 24.2. The standard InChI is InChI=1S/C14H10O3S/c15-12(8-7-10-4-3-9-18-10)11-5-1-2-6-13(16)14(11)17/h1-9H,(H,16,17)/b8-7+. The molecule has 18 heavy (non-hydrogen) atoms. The van der Waals surface area contributed by atoms with Crippen molar-refractivity contribution < 1.29 is 9.90 Å². The van der Waals surface area contributed by atoms with E-state index in [1.54, 1.807) is 12.1 Å². The van der Waals surface area contributed by atoms with Gasteiger partial charge in [-0.1, -0.05) is 18.2 Å². The summed E-state index contributed by atoms with van der Waals surface area (Å²) in [6, 6.07) is 9.44. The molecule has 1 aromatic heterocycles. The number of hydrogen-bond acceptors (Lipinski definition) is 4. The van der Waals surface area contributed by atoms with Gasteiger partial charge in [-0.25, -0.2) is 0 Å². The van der Waals surface area contributed by atoms with Crippen LogP contribution in [0.2, 0.25) is 0 Å². The maximum atomic E-state index is 11.9. The van der Waals surface area contributed by atoms with Crippen LogP contribution >= 0.6 is 11.3 Å². The molecule has 0 saturated heterocycles. The molecule has 1 N–H and O–H groups in total. The molecule has 1 heterocycles. The van der Waals surface area contributed by atoms with Crippen molar-refractivity contribution in [1.29, 1.82) is 0 Å². The first-order chi connectivity index (χ1) is 8.68. The van der Waals surface area contributed by atoms with Crippen molar-refractivity contribution in [3.8, 4) is 5.75 Å². The summed E-state index contributed by atoms with van der Waals surface area (Å²) >= 11 is 1.50. The highest BCUT2D eigenvalue weighted by molar-refractivity contribution is 7.10. The average molecular weight is 258 g/mol. The van der Waals surface area contributed by atoms with Crippen LogP contribution in [-0.4, -0.2) is 10.9 Å². The third kappa shape index (κ3) is 2.73. The largest absolute Gasteiger partial charge is 0.504 e. The fourth-order valence-electron chi connectivity index (χ4n) is 1.42. The molecule has 0 atom stereocenters. The lowest BCUT2D eigenvalue weighted by Gasteiger charge is -1.94. The minimum absolute atomic E-state index is 0.0119. The zero-order chi connectivity index (χ0) is 13.0. The van der Waals surface area contributed by atoms with E-state index in [0.717, 1.165) is 4.88 Å². The Morgan fingerprint density at radius 2 is 1.94 bits per heavy atom. The molecule has 0 aliphatic rings. The molecular weight excluding hydrogens is 248 g/mol. The molecule has 0 fully saturated rings. The molecule has 0 aliphatic heterocycles. The monoisotopic (exact) mass is 258 g/mol. The quantitative estimate of drug-likeness (QED) is 0.680. The first-order valence-electron chi connectivity index (χ1n) is 5.27. The lowest BCUT2D eigenvalue weighted by Crippen LogP contribution is -2.01. The predicted molar refractivity (Wildman–Crippen MR) is 72.1 cm³/mol. The van der Waals surface area contributed by atoms with Gasteiger partial charge in [-0.3, -0.25) is 9.59 Å². The van der Waals surface area contributed by atoms with E-state index in [1.165, 1.54) is 35.6 Å². The van der Waals surface area contributed by atoms with Crippen molar-refractivity contribution in [3.63, 3.8) is 0 Å². The van der Waals surface area contributed by atoms with Crippen LogP contribution < -0.4 is 5.43 Å². The van der Waals surface area contributed by atoms with Gasteiger partial charge in [0.25, 0.3) is 0 Å². The molecule has 0 unspecified atom stereocenters. The zero-order valence-electron chi connectivity index (χ0n) is 9.37. The van der Waals surface area contributed by atoms with Gasteiger partial charge in [0.2, 0.25) is 5.43 Å². The molecule has 0 radical (unpaired) electrons. The summed E-state index contributed by atoms with van der Waals surface area (Å²) in [5.41, 5.74) is -0.550. The van der Waals surface area contributed by atoms with Crippen molar-refractivity contribution in [2.75, 3.05) is 0 Å². The van der Waals surface area contributed by atoms with E-state index in [4.69, 9.17) is 0 Å². The second-order valence-corrected chi connectivity index (χ2v) is 4.54. The highest BCUT2D eigenvalue weighted by Crippen LogP contribution is 2.14. The molecule has 2 rings (SSSR count). The Morgan fingerprint density at radius 1 is 1.17 bits per heavy atom. The number of rotatable bonds is 3. The average Bonchev–Trinajstić information content (AvgIpc) is 2.82. The van der Waals surface area contributed by atoms with Crippen LogP contribution in [0.4, 0.5) is 0 Å². The van der Waals surface area contributed by atoms with Gasteiger partial charge in [-0.15, -0.1) is 11.3 Å². The molecule has 0 amide bonds. The van der Waals surface area contributed by atoms with E-state index in [1.807, 2.05) is 17.5 Å². The molecule has 0 spiro atoms. The normalized spacial score (nSPS) is 10.7. The van der Waals surface area contributed by atoms with Crippen molar-refractivity contribution in [1.82, 2.24) is 0 Å². The second kappa shape index (κ2) is 5.42. The second-order valence-electron chi connectivity index (χ2n) is 3.56. The maximum absolute atomic E-state index is 11.9. The van der Waals surface area contributed by atoms with Gasteiger partial charge < -0.3 is 5.11 Å². The van der Waals surface area contributed by atoms with Gasteiger partial charge in [-0.2, -0.15) is 0 Å². The van der Waals surface area contributed by atoms with Crippen molar-refractivity contribution in [2.45, 2.75) is 0 Å². The van der Waals surface area contributed by atoms with E-state index in [-0.39, 0.29) is 5.56 Å². The summed E-state index contributed by atoms with van der Waals surface area (Å²) in [5, 5.41) is 11.5. The third-order valence-electron chi connectivity index (χ3n) is 2.32. The van der Waals surface area contributed by atoms with Crippen molar-refractivity contribution in [3.05, 3.63) is 68.5 Å². The number of carbonyl (C=O) groups excluding carboxylic acids is 1. The number of ketones is 1. The minimum atomic E-state index is -0.562. The minimum Gasteiger partial charge on any atom is -0.504 e. The van der Waals surface area contributed by atoms with Gasteiger partial charge in [0, 0.05) is 4.88 Å². The molecule has 1 aromatic carbocycles. The van der Waals surface area contributed by atoms with Crippen LogP contribution in [0, 0.1) is 0 Å². The number of aromatic hydroxyl groups is 1. The van der Waals surface area contributed by atoms with E-state index in [0.29, 0.717) is 0 Å². The van der Waals surface area contributed by atoms with Crippen LogP contribution in [0.1, 0.15) is 15.2 Å². The smallest absolute Gasteiger partial charge is 0.220 e. The van der Waals surface area contributed by atoms with Crippen LogP contribution in [-0.2, 0) is 0 Å². The summed E-state index contributed by atoms with van der Waals surface area (Å²) in [6.45, 7) is 0. The SMILES string of the molecule is O=C(/C=C/c1cccs1)c1ccccc(=O)c1O. The highest BCUT2D eigenvalue weighted by atomic mass is 32.1. The van der Waals surface area contributed by atoms with Gasteiger partial charge in [0.05, 0.1) is 5.56 Å². The molecule has 0 saturated carbocycles. The Morgan fingerprint density at radius 3 is 2.67 bits per heavy atom. The van der Waals surface area contributed by atoms with E-state index in [2.05, 4.69) is 0 Å². The number of carbonyl (C=O) groups is 1. The van der Waals surface area contributed by atoms with Crippen LogP contribution in [0.15, 0.2) is 52.6 Å². The summed E-state index contributed by atoms with van der Waals surface area (Å²) in [6.07, 6.45) is 3.00. The Labute approximate surface area is 108 Å². The first kappa shape index (κ1) is 12.3. The molecule has 2 aromatic rings.